The minimum absolute atomic E-state index is 0. The molecular formula is C14H17ClFNO. The third-order valence-corrected chi connectivity index (χ3v) is 2.53. The Kier molecular flexibility index (Phi) is 5.89. The van der Waals surface area contributed by atoms with Crippen molar-refractivity contribution >= 4 is 12.4 Å². The Morgan fingerprint density at radius 1 is 1.17 bits per heavy atom. The highest BCUT2D eigenvalue weighted by molar-refractivity contribution is 5.85. The largest absolute Gasteiger partial charge is 0.460 e. The molecule has 1 aromatic heterocycles. The summed E-state index contributed by atoms with van der Waals surface area (Å²) in [5.41, 5.74) is 0.509. The smallest absolute Gasteiger partial charge is 0.137 e. The van der Waals surface area contributed by atoms with Crippen LogP contribution in [0.25, 0.3) is 11.3 Å². The van der Waals surface area contributed by atoms with Crippen LogP contribution in [0, 0.1) is 5.82 Å². The second kappa shape index (κ2) is 7.19. The zero-order valence-electron chi connectivity index (χ0n) is 10.3. The fourth-order valence-electron chi connectivity index (χ4n) is 1.67. The fraction of sp³-hybridized carbons (Fsp3) is 0.286. The van der Waals surface area contributed by atoms with Gasteiger partial charge in [0.25, 0.3) is 0 Å². The molecule has 0 aliphatic carbocycles. The summed E-state index contributed by atoms with van der Waals surface area (Å²) >= 11 is 0. The van der Waals surface area contributed by atoms with Gasteiger partial charge in [0.2, 0.25) is 0 Å². The summed E-state index contributed by atoms with van der Waals surface area (Å²) in [6, 6.07) is 10.3. The lowest BCUT2D eigenvalue weighted by Gasteiger charge is -2.00. The molecule has 0 atom stereocenters. The number of furan rings is 1. The van der Waals surface area contributed by atoms with E-state index in [2.05, 4.69) is 12.2 Å². The Balaban J connectivity index is 0.00000162. The highest BCUT2D eigenvalue weighted by Crippen LogP contribution is 2.24. The summed E-state index contributed by atoms with van der Waals surface area (Å²) in [4.78, 5) is 0. The van der Waals surface area contributed by atoms with Gasteiger partial charge >= 0.3 is 0 Å². The van der Waals surface area contributed by atoms with E-state index in [0.717, 1.165) is 18.7 Å². The first kappa shape index (κ1) is 14.7. The van der Waals surface area contributed by atoms with E-state index in [0.29, 0.717) is 17.9 Å². The molecule has 0 aliphatic rings. The lowest BCUT2D eigenvalue weighted by molar-refractivity contribution is 0.490. The number of rotatable bonds is 5. The first-order valence-electron chi connectivity index (χ1n) is 5.85. The molecule has 0 saturated heterocycles. The number of halogens is 2. The average Bonchev–Trinajstić information content (AvgIpc) is 2.79. The zero-order chi connectivity index (χ0) is 12.1. The average molecular weight is 270 g/mol. The van der Waals surface area contributed by atoms with E-state index in [4.69, 9.17) is 4.42 Å². The van der Waals surface area contributed by atoms with Crippen LogP contribution in [0.3, 0.4) is 0 Å². The molecule has 0 spiro atoms. The number of benzene rings is 1. The van der Waals surface area contributed by atoms with Crippen LogP contribution >= 0.6 is 12.4 Å². The minimum atomic E-state index is -0.255. The number of nitrogens with one attached hydrogen (secondary N) is 1. The molecule has 1 heterocycles. The van der Waals surface area contributed by atoms with E-state index in [1.807, 2.05) is 6.07 Å². The Morgan fingerprint density at radius 3 is 2.67 bits per heavy atom. The molecular weight excluding hydrogens is 253 g/mol. The molecule has 0 fully saturated rings. The van der Waals surface area contributed by atoms with E-state index in [1.165, 1.54) is 6.07 Å². The summed E-state index contributed by atoms with van der Waals surface area (Å²) < 4.78 is 19.1. The first-order valence-corrected chi connectivity index (χ1v) is 5.85. The normalized spacial score (nSPS) is 10.1. The third-order valence-electron chi connectivity index (χ3n) is 2.53. The van der Waals surface area contributed by atoms with Gasteiger partial charge in [0.15, 0.2) is 0 Å². The van der Waals surface area contributed by atoms with Crippen LogP contribution in [0.2, 0.25) is 0 Å². The van der Waals surface area contributed by atoms with Crippen molar-refractivity contribution in [2.24, 2.45) is 0 Å². The number of hydrogen-bond donors (Lipinski definition) is 1. The van der Waals surface area contributed by atoms with Gasteiger partial charge in [-0.3, -0.25) is 0 Å². The predicted octanol–water partition coefficient (Wildman–Crippen LogP) is 4.01. The molecule has 2 aromatic rings. The van der Waals surface area contributed by atoms with Crippen molar-refractivity contribution in [3.8, 4) is 11.3 Å². The molecule has 0 radical (unpaired) electrons. The van der Waals surface area contributed by atoms with Crippen LogP contribution in [0.15, 0.2) is 40.8 Å². The number of hydrogen-bond acceptors (Lipinski definition) is 2. The van der Waals surface area contributed by atoms with Crippen molar-refractivity contribution in [3.63, 3.8) is 0 Å². The monoisotopic (exact) mass is 269 g/mol. The van der Waals surface area contributed by atoms with Crippen molar-refractivity contribution in [2.75, 3.05) is 6.54 Å². The fourth-order valence-corrected chi connectivity index (χ4v) is 1.67. The lowest BCUT2D eigenvalue weighted by Crippen LogP contribution is -2.12. The van der Waals surface area contributed by atoms with E-state index < -0.39 is 0 Å². The molecule has 98 valence electrons. The summed E-state index contributed by atoms with van der Waals surface area (Å²) in [6.45, 7) is 3.75. The van der Waals surface area contributed by atoms with Gasteiger partial charge in [0.05, 0.1) is 12.1 Å². The topological polar surface area (TPSA) is 25.2 Å². The van der Waals surface area contributed by atoms with Crippen LogP contribution < -0.4 is 5.32 Å². The van der Waals surface area contributed by atoms with Gasteiger partial charge in [-0.1, -0.05) is 19.1 Å². The summed E-state index contributed by atoms with van der Waals surface area (Å²) in [5, 5.41) is 3.24. The van der Waals surface area contributed by atoms with Gasteiger partial charge in [-0.15, -0.1) is 12.4 Å². The predicted molar refractivity (Wildman–Crippen MR) is 73.3 cm³/mol. The molecule has 0 amide bonds. The van der Waals surface area contributed by atoms with E-state index in [9.17, 15) is 4.39 Å². The van der Waals surface area contributed by atoms with E-state index in [-0.39, 0.29) is 18.2 Å². The van der Waals surface area contributed by atoms with Crippen molar-refractivity contribution in [1.29, 1.82) is 0 Å². The standard InChI is InChI=1S/C14H16FNO.ClH/c1-2-9-16-10-11-7-8-14(17-11)12-5-3-4-6-13(12)15;/h3-8,16H,2,9-10H2,1H3;1H. The summed E-state index contributed by atoms with van der Waals surface area (Å²) in [6.07, 6.45) is 1.08. The van der Waals surface area contributed by atoms with Crippen molar-refractivity contribution in [2.45, 2.75) is 19.9 Å². The van der Waals surface area contributed by atoms with Gasteiger partial charge < -0.3 is 9.73 Å². The van der Waals surface area contributed by atoms with Crippen molar-refractivity contribution in [3.05, 3.63) is 48.0 Å². The van der Waals surface area contributed by atoms with Gasteiger partial charge in [-0.05, 0) is 37.2 Å². The van der Waals surface area contributed by atoms with Gasteiger partial charge in [-0.25, -0.2) is 4.39 Å². The van der Waals surface area contributed by atoms with Crippen LogP contribution in [0.1, 0.15) is 19.1 Å². The van der Waals surface area contributed by atoms with Crippen LogP contribution in [0.4, 0.5) is 4.39 Å². The van der Waals surface area contributed by atoms with Crippen LogP contribution in [-0.4, -0.2) is 6.54 Å². The second-order valence-electron chi connectivity index (χ2n) is 3.92. The van der Waals surface area contributed by atoms with Gasteiger partial charge in [0, 0.05) is 0 Å². The van der Waals surface area contributed by atoms with Crippen LogP contribution in [0.5, 0.6) is 0 Å². The van der Waals surface area contributed by atoms with Gasteiger partial charge in [0.1, 0.15) is 17.3 Å². The van der Waals surface area contributed by atoms with Gasteiger partial charge in [-0.2, -0.15) is 0 Å². The van der Waals surface area contributed by atoms with Crippen molar-refractivity contribution < 1.29 is 8.81 Å². The second-order valence-corrected chi connectivity index (χ2v) is 3.92. The molecule has 18 heavy (non-hydrogen) atoms. The van der Waals surface area contributed by atoms with Crippen molar-refractivity contribution in [1.82, 2.24) is 5.32 Å². The molecule has 1 N–H and O–H groups in total. The molecule has 2 nitrogen and oxygen atoms in total. The Hall–Kier alpha value is -1.32. The maximum atomic E-state index is 13.5. The third kappa shape index (κ3) is 3.59. The first-order chi connectivity index (χ1) is 8.31. The van der Waals surface area contributed by atoms with E-state index in [1.54, 1.807) is 24.3 Å². The molecule has 0 aliphatic heterocycles. The summed E-state index contributed by atoms with van der Waals surface area (Å²) in [7, 11) is 0. The maximum absolute atomic E-state index is 13.5. The molecule has 1 aromatic carbocycles. The lowest BCUT2D eigenvalue weighted by atomic mass is 10.1. The Labute approximate surface area is 113 Å². The van der Waals surface area contributed by atoms with E-state index >= 15 is 0 Å². The molecule has 0 bridgehead atoms. The summed E-state index contributed by atoms with van der Waals surface area (Å²) in [5.74, 6) is 1.16. The maximum Gasteiger partial charge on any atom is 0.137 e. The molecule has 2 rings (SSSR count). The Morgan fingerprint density at radius 2 is 1.94 bits per heavy atom. The molecule has 0 saturated carbocycles. The highest BCUT2D eigenvalue weighted by Gasteiger charge is 2.08. The SMILES string of the molecule is CCCNCc1ccc(-c2ccccc2F)o1.Cl. The minimum Gasteiger partial charge on any atom is -0.460 e. The molecule has 4 heteroatoms. The Bertz CT molecular complexity index is 484. The zero-order valence-corrected chi connectivity index (χ0v) is 11.1. The molecule has 0 unspecified atom stereocenters. The highest BCUT2D eigenvalue weighted by atomic mass is 35.5. The quantitative estimate of drug-likeness (QED) is 0.830. The van der Waals surface area contributed by atoms with Crippen LogP contribution in [-0.2, 0) is 6.54 Å².